The number of aliphatic carboxylic acids is 1. The van der Waals surface area contributed by atoms with Gasteiger partial charge in [-0.1, -0.05) is 20.8 Å². The standard InChI is InChI=1S/C12H23NO3/c1-4-10(5-2)11(14)13-8-6-7-9(3)12(15)16/h9-10H,4-8H2,1-3H3,(H,13,14)(H,15,16). The van der Waals surface area contributed by atoms with Crippen molar-refractivity contribution in [3.05, 3.63) is 0 Å². The molecule has 4 nitrogen and oxygen atoms in total. The lowest BCUT2D eigenvalue weighted by atomic mass is 10.0. The fourth-order valence-electron chi connectivity index (χ4n) is 1.55. The van der Waals surface area contributed by atoms with E-state index in [4.69, 9.17) is 5.11 Å². The van der Waals surface area contributed by atoms with Gasteiger partial charge in [-0.2, -0.15) is 0 Å². The maximum Gasteiger partial charge on any atom is 0.306 e. The highest BCUT2D eigenvalue weighted by molar-refractivity contribution is 5.78. The highest BCUT2D eigenvalue weighted by atomic mass is 16.4. The first kappa shape index (κ1) is 14.9. The molecule has 0 heterocycles. The van der Waals surface area contributed by atoms with Gasteiger partial charge in [0.05, 0.1) is 5.92 Å². The third kappa shape index (κ3) is 5.73. The van der Waals surface area contributed by atoms with Gasteiger partial charge in [-0.3, -0.25) is 9.59 Å². The summed E-state index contributed by atoms with van der Waals surface area (Å²) in [5, 5.41) is 11.5. The van der Waals surface area contributed by atoms with Gasteiger partial charge in [-0.25, -0.2) is 0 Å². The summed E-state index contributed by atoms with van der Waals surface area (Å²) < 4.78 is 0. The average molecular weight is 229 g/mol. The Morgan fingerprint density at radius 3 is 2.25 bits per heavy atom. The van der Waals surface area contributed by atoms with Crippen LogP contribution in [-0.4, -0.2) is 23.5 Å². The van der Waals surface area contributed by atoms with Crippen LogP contribution < -0.4 is 5.32 Å². The van der Waals surface area contributed by atoms with Crippen LogP contribution in [0.2, 0.25) is 0 Å². The summed E-state index contributed by atoms with van der Waals surface area (Å²) in [6, 6.07) is 0. The maximum absolute atomic E-state index is 11.6. The fourth-order valence-corrected chi connectivity index (χ4v) is 1.55. The van der Waals surface area contributed by atoms with Crippen LogP contribution >= 0.6 is 0 Å². The van der Waals surface area contributed by atoms with Gasteiger partial charge in [0.25, 0.3) is 0 Å². The molecule has 0 aliphatic heterocycles. The molecule has 4 heteroatoms. The maximum atomic E-state index is 11.6. The van der Waals surface area contributed by atoms with E-state index >= 15 is 0 Å². The Labute approximate surface area is 97.4 Å². The Hall–Kier alpha value is -1.06. The Bertz CT molecular complexity index is 224. The van der Waals surface area contributed by atoms with E-state index in [2.05, 4.69) is 5.32 Å². The van der Waals surface area contributed by atoms with Crippen molar-refractivity contribution in [1.29, 1.82) is 0 Å². The summed E-state index contributed by atoms with van der Waals surface area (Å²) in [4.78, 5) is 22.1. The first-order valence-electron chi connectivity index (χ1n) is 6.03. The number of amides is 1. The predicted octanol–water partition coefficient (Wildman–Crippen LogP) is 2.04. The lowest BCUT2D eigenvalue weighted by Crippen LogP contribution is -2.31. The molecular formula is C12H23NO3. The molecule has 0 aliphatic rings. The van der Waals surface area contributed by atoms with Gasteiger partial charge < -0.3 is 10.4 Å². The number of carbonyl (C=O) groups is 2. The second kappa shape index (κ2) is 8.13. The van der Waals surface area contributed by atoms with E-state index in [0.29, 0.717) is 13.0 Å². The van der Waals surface area contributed by atoms with Crippen LogP contribution in [-0.2, 0) is 9.59 Å². The molecule has 1 unspecified atom stereocenters. The van der Waals surface area contributed by atoms with Gasteiger partial charge in [0, 0.05) is 12.5 Å². The van der Waals surface area contributed by atoms with E-state index in [1.54, 1.807) is 6.92 Å². The zero-order chi connectivity index (χ0) is 12.6. The Morgan fingerprint density at radius 1 is 1.25 bits per heavy atom. The summed E-state index contributed by atoms with van der Waals surface area (Å²) in [7, 11) is 0. The highest BCUT2D eigenvalue weighted by Crippen LogP contribution is 2.08. The van der Waals surface area contributed by atoms with Crippen molar-refractivity contribution in [2.45, 2.75) is 46.5 Å². The average Bonchev–Trinajstić information content (AvgIpc) is 2.25. The zero-order valence-corrected chi connectivity index (χ0v) is 10.5. The van der Waals surface area contributed by atoms with Crippen LogP contribution in [0.4, 0.5) is 0 Å². The lowest BCUT2D eigenvalue weighted by molar-refractivity contribution is -0.141. The monoisotopic (exact) mass is 229 g/mol. The minimum absolute atomic E-state index is 0.0907. The Kier molecular flexibility index (Phi) is 7.60. The van der Waals surface area contributed by atoms with Gasteiger partial charge in [-0.05, 0) is 25.7 Å². The van der Waals surface area contributed by atoms with Crippen molar-refractivity contribution in [2.75, 3.05) is 6.54 Å². The lowest BCUT2D eigenvalue weighted by Gasteiger charge is -2.13. The number of nitrogens with one attached hydrogen (secondary N) is 1. The highest BCUT2D eigenvalue weighted by Gasteiger charge is 2.14. The van der Waals surface area contributed by atoms with Gasteiger partial charge in [0.2, 0.25) is 5.91 Å². The number of carbonyl (C=O) groups excluding carboxylic acids is 1. The zero-order valence-electron chi connectivity index (χ0n) is 10.5. The van der Waals surface area contributed by atoms with Crippen LogP contribution in [0.3, 0.4) is 0 Å². The Balaban J connectivity index is 3.66. The van der Waals surface area contributed by atoms with Crippen molar-refractivity contribution < 1.29 is 14.7 Å². The number of hydrogen-bond donors (Lipinski definition) is 2. The van der Waals surface area contributed by atoms with E-state index in [1.807, 2.05) is 13.8 Å². The molecule has 0 aromatic heterocycles. The van der Waals surface area contributed by atoms with Crippen LogP contribution in [0.1, 0.15) is 46.5 Å². The third-order valence-electron chi connectivity index (χ3n) is 2.89. The smallest absolute Gasteiger partial charge is 0.306 e. The number of rotatable bonds is 8. The second-order valence-electron chi connectivity index (χ2n) is 4.19. The SMILES string of the molecule is CCC(CC)C(=O)NCCCC(C)C(=O)O. The molecule has 94 valence electrons. The minimum Gasteiger partial charge on any atom is -0.481 e. The summed E-state index contributed by atoms with van der Waals surface area (Å²) >= 11 is 0. The summed E-state index contributed by atoms with van der Waals surface area (Å²) in [5.74, 6) is -0.916. The molecule has 0 bridgehead atoms. The molecule has 1 atom stereocenters. The van der Waals surface area contributed by atoms with E-state index in [1.165, 1.54) is 0 Å². The van der Waals surface area contributed by atoms with Gasteiger partial charge >= 0.3 is 5.97 Å². The molecule has 16 heavy (non-hydrogen) atoms. The third-order valence-corrected chi connectivity index (χ3v) is 2.89. The molecule has 0 radical (unpaired) electrons. The first-order chi connectivity index (χ1) is 7.52. The molecule has 2 N–H and O–H groups in total. The quantitative estimate of drug-likeness (QED) is 0.626. The Morgan fingerprint density at radius 2 is 1.81 bits per heavy atom. The normalized spacial score (nSPS) is 12.5. The van der Waals surface area contributed by atoms with E-state index in [0.717, 1.165) is 19.3 Å². The number of carboxylic acid groups (broad SMARTS) is 1. The number of carboxylic acids is 1. The van der Waals surface area contributed by atoms with Gasteiger partial charge in [0.1, 0.15) is 0 Å². The molecule has 0 aromatic carbocycles. The van der Waals surface area contributed by atoms with Crippen molar-refractivity contribution in [3.63, 3.8) is 0 Å². The topological polar surface area (TPSA) is 66.4 Å². The molecule has 0 spiro atoms. The second-order valence-corrected chi connectivity index (χ2v) is 4.19. The van der Waals surface area contributed by atoms with Crippen molar-refractivity contribution in [3.8, 4) is 0 Å². The predicted molar refractivity (Wildman–Crippen MR) is 63.1 cm³/mol. The minimum atomic E-state index is -0.772. The molecule has 0 aliphatic carbocycles. The molecule has 1 amide bonds. The molecule has 0 fully saturated rings. The van der Waals surface area contributed by atoms with Gasteiger partial charge in [-0.15, -0.1) is 0 Å². The van der Waals surface area contributed by atoms with Crippen LogP contribution in [0.25, 0.3) is 0 Å². The largest absolute Gasteiger partial charge is 0.481 e. The van der Waals surface area contributed by atoms with Crippen molar-refractivity contribution in [2.24, 2.45) is 11.8 Å². The summed E-state index contributed by atoms with van der Waals surface area (Å²) in [6.45, 7) is 6.26. The van der Waals surface area contributed by atoms with Crippen LogP contribution in [0.15, 0.2) is 0 Å². The summed E-state index contributed by atoms with van der Waals surface area (Å²) in [6.07, 6.45) is 3.04. The van der Waals surface area contributed by atoms with E-state index in [9.17, 15) is 9.59 Å². The molecule has 0 aromatic rings. The van der Waals surface area contributed by atoms with Crippen molar-refractivity contribution in [1.82, 2.24) is 5.32 Å². The molecular weight excluding hydrogens is 206 g/mol. The molecule has 0 saturated carbocycles. The van der Waals surface area contributed by atoms with Crippen LogP contribution in [0, 0.1) is 11.8 Å². The van der Waals surface area contributed by atoms with Crippen molar-refractivity contribution >= 4 is 11.9 Å². The summed E-state index contributed by atoms with van der Waals surface area (Å²) in [5.41, 5.74) is 0. The molecule has 0 saturated heterocycles. The number of hydrogen-bond acceptors (Lipinski definition) is 2. The molecule has 0 rings (SSSR count). The van der Waals surface area contributed by atoms with Crippen LogP contribution in [0.5, 0.6) is 0 Å². The van der Waals surface area contributed by atoms with E-state index < -0.39 is 5.97 Å². The first-order valence-corrected chi connectivity index (χ1v) is 6.03. The van der Waals surface area contributed by atoms with Gasteiger partial charge in [0.15, 0.2) is 0 Å². The fraction of sp³-hybridized carbons (Fsp3) is 0.833. The van der Waals surface area contributed by atoms with E-state index in [-0.39, 0.29) is 17.7 Å².